The molecule has 0 aliphatic heterocycles. The summed E-state index contributed by atoms with van der Waals surface area (Å²) < 4.78 is 6.13. The van der Waals surface area contributed by atoms with E-state index in [0.29, 0.717) is 0 Å². The van der Waals surface area contributed by atoms with E-state index in [2.05, 4.69) is 15.9 Å². The zero-order chi connectivity index (χ0) is 12.3. The summed E-state index contributed by atoms with van der Waals surface area (Å²) in [4.78, 5) is 0. The predicted molar refractivity (Wildman–Crippen MR) is 73.2 cm³/mol. The maximum absolute atomic E-state index is 6.24. The maximum Gasteiger partial charge on any atom is 0.120 e. The maximum atomic E-state index is 6.24. The second kappa shape index (κ2) is 5.34. The van der Waals surface area contributed by atoms with E-state index in [1.54, 1.807) is 7.11 Å². The van der Waals surface area contributed by atoms with Crippen LogP contribution in [0.15, 0.2) is 53.0 Å². The average Bonchev–Trinajstić information content (AvgIpc) is 2.39. The summed E-state index contributed by atoms with van der Waals surface area (Å²) in [6.45, 7) is 0. The lowest BCUT2D eigenvalue weighted by molar-refractivity contribution is 0.414. The molecule has 1 atom stereocenters. The van der Waals surface area contributed by atoms with Gasteiger partial charge in [-0.05, 0) is 23.3 Å². The van der Waals surface area contributed by atoms with Crippen LogP contribution in [0.2, 0.25) is 0 Å². The van der Waals surface area contributed by atoms with Gasteiger partial charge in [0.25, 0.3) is 0 Å². The molecule has 0 aliphatic carbocycles. The lowest BCUT2D eigenvalue weighted by Crippen LogP contribution is -2.12. The normalized spacial score (nSPS) is 12.2. The van der Waals surface area contributed by atoms with Crippen LogP contribution < -0.4 is 10.5 Å². The average molecular weight is 292 g/mol. The van der Waals surface area contributed by atoms with Crippen LogP contribution in [-0.2, 0) is 0 Å². The number of ether oxygens (including phenoxy) is 1. The van der Waals surface area contributed by atoms with Gasteiger partial charge in [0.2, 0.25) is 0 Å². The van der Waals surface area contributed by atoms with Gasteiger partial charge in [0.05, 0.1) is 13.2 Å². The minimum Gasteiger partial charge on any atom is -0.497 e. The first kappa shape index (κ1) is 12.1. The number of methoxy groups -OCH3 is 1. The Morgan fingerprint density at radius 2 is 1.82 bits per heavy atom. The number of hydrogen-bond acceptors (Lipinski definition) is 2. The van der Waals surface area contributed by atoms with Gasteiger partial charge >= 0.3 is 0 Å². The van der Waals surface area contributed by atoms with E-state index in [4.69, 9.17) is 10.5 Å². The van der Waals surface area contributed by atoms with E-state index in [1.165, 1.54) is 0 Å². The monoisotopic (exact) mass is 291 g/mol. The Balaban J connectivity index is 2.34. The standard InChI is InChI=1S/C14H14BrNO/c1-17-11-7-8-12(13(15)9-11)14(16)10-5-3-2-4-6-10/h2-9,14H,16H2,1H3. The minimum atomic E-state index is -0.128. The van der Waals surface area contributed by atoms with Gasteiger partial charge in [-0.15, -0.1) is 0 Å². The SMILES string of the molecule is COc1ccc(C(N)c2ccccc2)c(Br)c1. The summed E-state index contributed by atoms with van der Waals surface area (Å²) in [5.41, 5.74) is 8.39. The number of benzene rings is 2. The van der Waals surface area contributed by atoms with Crippen molar-refractivity contribution < 1.29 is 4.74 Å². The van der Waals surface area contributed by atoms with E-state index < -0.39 is 0 Å². The van der Waals surface area contributed by atoms with Crippen molar-refractivity contribution in [2.24, 2.45) is 5.73 Å². The molecule has 0 saturated heterocycles. The largest absolute Gasteiger partial charge is 0.497 e. The lowest BCUT2D eigenvalue weighted by Gasteiger charge is -2.15. The van der Waals surface area contributed by atoms with Crippen LogP contribution in [0.3, 0.4) is 0 Å². The van der Waals surface area contributed by atoms with E-state index in [0.717, 1.165) is 21.3 Å². The molecule has 88 valence electrons. The van der Waals surface area contributed by atoms with Crippen molar-refractivity contribution in [3.05, 3.63) is 64.1 Å². The number of rotatable bonds is 3. The van der Waals surface area contributed by atoms with E-state index in [9.17, 15) is 0 Å². The molecule has 0 fully saturated rings. The van der Waals surface area contributed by atoms with Crippen molar-refractivity contribution in [1.82, 2.24) is 0 Å². The summed E-state index contributed by atoms with van der Waals surface area (Å²) in [5, 5.41) is 0. The van der Waals surface area contributed by atoms with Gasteiger partial charge in [0.1, 0.15) is 5.75 Å². The van der Waals surface area contributed by atoms with Crippen LogP contribution in [0.1, 0.15) is 17.2 Å². The van der Waals surface area contributed by atoms with Crippen LogP contribution in [-0.4, -0.2) is 7.11 Å². The summed E-state index contributed by atoms with van der Waals surface area (Å²) in [6.07, 6.45) is 0. The first-order chi connectivity index (χ1) is 8.22. The molecule has 2 N–H and O–H groups in total. The third-order valence-corrected chi connectivity index (χ3v) is 3.39. The molecule has 0 aliphatic rings. The molecule has 1 unspecified atom stereocenters. The fourth-order valence-electron chi connectivity index (χ4n) is 1.73. The van der Waals surface area contributed by atoms with Crippen LogP contribution in [0.4, 0.5) is 0 Å². The highest BCUT2D eigenvalue weighted by atomic mass is 79.9. The molecule has 0 radical (unpaired) electrons. The van der Waals surface area contributed by atoms with E-state index in [1.807, 2.05) is 48.5 Å². The molecule has 2 aromatic carbocycles. The predicted octanol–water partition coefficient (Wildman–Crippen LogP) is 3.51. The van der Waals surface area contributed by atoms with Gasteiger partial charge in [-0.3, -0.25) is 0 Å². The third-order valence-electron chi connectivity index (χ3n) is 2.70. The van der Waals surface area contributed by atoms with E-state index in [-0.39, 0.29) is 6.04 Å². The lowest BCUT2D eigenvalue weighted by atomic mass is 10.00. The first-order valence-corrected chi connectivity index (χ1v) is 6.15. The molecular formula is C14H14BrNO. The smallest absolute Gasteiger partial charge is 0.120 e. The van der Waals surface area contributed by atoms with Crippen LogP contribution in [0.25, 0.3) is 0 Å². The van der Waals surface area contributed by atoms with Crippen molar-refractivity contribution in [3.8, 4) is 5.75 Å². The quantitative estimate of drug-likeness (QED) is 0.939. The van der Waals surface area contributed by atoms with Crippen molar-refractivity contribution >= 4 is 15.9 Å². The summed E-state index contributed by atoms with van der Waals surface area (Å²) in [5.74, 6) is 0.820. The number of hydrogen-bond donors (Lipinski definition) is 1. The van der Waals surface area contributed by atoms with Crippen molar-refractivity contribution in [2.75, 3.05) is 7.11 Å². The molecule has 0 bridgehead atoms. The highest BCUT2D eigenvalue weighted by Crippen LogP contribution is 2.29. The van der Waals surface area contributed by atoms with Gasteiger partial charge < -0.3 is 10.5 Å². The second-order valence-corrected chi connectivity index (χ2v) is 4.63. The molecule has 0 heterocycles. The first-order valence-electron chi connectivity index (χ1n) is 5.36. The highest BCUT2D eigenvalue weighted by molar-refractivity contribution is 9.10. The van der Waals surface area contributed by atoms with Gasteiger partial charge in [0, 0.05) is 4.47 Å². The molecule has 2 nitrogen and oxygen atoms in total. The number of halogens is 1. The molecule has 3 heteroatoms. The van der Waals surface area contributed by atoms with Gasteiger partial charge in [-0.25, -0.2) is 0 Å². The van der Waals surface area contributed by atoms with Crippen LogP contribution >= 0.6 is 15.9 Å². The topological polar surface area (TPSA) is 35.2 Å². The Labute approximate surface area is 110 Å². The summed E-state index contributed by atoms with van der Waals surface area (Å²) in [6, 6.07) is 15.7. The molecular weight excluding hydrogens is 278 g/mol. The molecule has 0 spiro atoms. The van der Waals surface area contributed by atoms with Gasteiger partial charge in [0.15, 0.2) is 0 Å². The van der Waals surface area contributed by atoms with Crippen molar-refractivity contribution in [3.63, 3.8) is 0 Å². The zero-order valence-electron chi connectivity index (χ0n) is 9.56. The van der Waals surface area contributed by atoms with Gasteiger partial charge in [-0.2, -0.15) is 0 Å². The Morgan fingerprint density at radius 3 is 2.41 bits per heavy atom. The third kappa shape index (κ3) is 2.68. The minimum absolute atomic E-state index is 0.128. The van der Waals surface area contributed by atoms with Crippen LogP contribution in [0.5, 0.6) is 5.75 Å². The van der Waals surface area contributed by atoms with Crippen LogP contribution in [0, 0.1) is 0 Å². The Kier molecular flexibility index (Phi) is 3.82. The summed E-state index contributed by atoms with van der Waals surface area (Å²) >= 11 is 3.53. The zero-order valence-corrected chi connectivity index (χ0v) is 11.1. The Bertz CT molecular complexity index is 499. The van der Waals surface area contributed by atoms with Crippen molar-refractivity contribution in [2.45, 2.75) is 6.04 Å². The number of nitrogens with two attached hydrogens (primary N) is 1. The molecule has 17 heavy (non-hydrogen) atoms. The summed E-state index contributed by atoms with van der Waals surface area (Å²) in [7, 11) is 1.65. The van der Waals surface area contributed by atoms with Gasteiger partial charge in [-0.1, -0.05) is 52.3 Å². The Hall–Kier alpha value is -1.32. The molecule has 2 rings (SSSR count). The molecule has 0 aromatic heterocycles. The van der Waals surface area contributed by atoms with E-state index >= 15 is 0 Å². The van der Waals surface area contributed by atoms with Crippen molar-refractivity contribution in [1.29, 1.82) is 0 Å². The molecule has 0 saturated carbocycles. The Morgan fingerprint density at radius 1 is 1.12 bits per heavy atom. The molecule has 0 amide bonds. The fourth-order valence-corrected chi connectivity index (χ4v) is 2.33. The fraction of sp³-hybridized carbons (Fsp3) is 0.143. The molecule has 2 aromatic rings. The highest BCUT2D eigenvalue weighted by Gasteiger charge is 2.12. The second-order valence-electron chi connectivity index (χ2n) is 3.78.